The van der Waals surface area contributed by atoms with Crippen LogP contribution < -0.4 is 5.32 Å². The number of rotatable bonds is 5. The van der Waals surface area contributed by atoms with E-state index in [4.69, 9.17) is 4.74 Å². The first kappa shape index (κ1) is 16.2. The number of nitrogens with zero attached hydrogens (tertiary/aromatic N) is 3. The highest BCUT2D eigenvalue weighted by molar-refractivity contribution is 5.94. The van der Waals surface area contributed by atoms with Gasteiger partial charge in [-0.25, -0.2) is 4.68 Å². The first-order valence-corrected chi connectivity index (χ1v) is 7.98. The second kappa shape index (κ2) is 7.27. The van der Waals surface area contributed by atoms with Gasteiger partial charge < -0.3 is 10.1 Å². The van der Waals surface area contributed by atoms with Crippen molar-refractivity contribution in [2.45, 2.75) is 19.4 Å². The Bertz CT molecular complexity index is 697. The Morgan fingerprint density at radius 1 is 1.38 bits per heavy atom. The van der Waals surface area contributed by atoms with E-state index in [9.17, 15) is 9.59 Å². The number of anilines is 1. The fourth-order valence-corrected chi connectivity index (χ4v) is 2.76. The van der Waals surface area contributed by atoms with Crippen molar-refractivity contribution >= 4 is 17.6 Å². The molecule has 1 aromatic heterocycles. The van der Waals surface area contributed by atoms with Gasteiger partial charge >= 0.3 is 5.97 Å². The Hall–Kier alpha value is -2.67. The summed E-state index contributed by atoms with van der Waals surface area (Å²) in [5.74, 6) is -0.531. The van der Waals surface area contributed by atoms with Gasteiger partial charge in [0.2, 0.25) is 5.91 Å². The van der Waals surface area contributed by atoms with Crippen molar-refractivity contribution in [2.24, 2.45) is 0 Å². The summed E-state index contributed by atoms with van der Waals surface area (Å²) in [4.78, 5) is 26.1. The standard InChI is InChI=1S/C17H20N4O3/c1-2-20-10-11-24-17(23)15(20)12-16(22)19-13-4-6-14(7-5-13)21-9-3-8-18-21/h3-9,15H,2,10-12H2,1H3,(H,19,22). The number of carbonyl (C=O) groups is 2. The number of hydrogen-bond acceptors (Lipinski definition) is 5. The smallest absolute Gasteiger partial charge is 0.323 e. The summed E-state index contributed by atoms with van der Waals surface area (Å²) in [7, 11) is 0. The lowest BCUT2D eigenvalue weighted by Crippen LogP contribution is -2.50. The molecular formula is C17H20N4O3. The molecule has 0 spiro atoms. The molecule has 1 atom stereocenters. The molecule has 2 heterocycles. The Morgan fingerprint density at radius 3 is 2.83 bits per heavy atom. The summed E-state index contributed by atoms with van der Waals surface area (Å²) in [6.07, 6.45) is 3.65. The van der Waals surface area contributed by atoms with Gasteiger partial charge in [-0.1, -0.05) is 6.92 Å². The van der Waals surface area contributed by atoms with Crippen molar-refractivity contribution in [2.75, 3.05) is 25.0 Å². The number of esters is 1. The molecule has 3 rings (SSSR count). The van der Waals surface area contributed by atoms with E-state index in [1.807, 2.05) is 48.4 Å². The zero-order valence-electron chi connectivity index (χ0n) is 13.5. The molecule has 24 heavy (non-hydrogen) atoms. The van der Waals surface area contributed by atoms with Gasteiger partial charge in [0.05, 0.1) is 12.1 Å². The van der Waals surface area contributed by atoms with Gasteiger partial charge in [0.1, 0.15) is 12.6 Å². The van der Waals surface area contributed by atoms with Crippen molar-refractivity contribution in [3.8, 4) is 5.69 Å². The lowest BCUT2D eigenvalue weighted by atomic mass is 10.1. The van der Waals surface area contributed by atoms with E-state index in [0.717, 1.165) is 5.69 Å². The largest absolute Gasteiger partial charge is 0.463 e. The maximum atomic E-state index is 12.2. The molecule has 0 bridgehead atoms. The number of hydrogen-bond donors (Lipinski definition) is 1. The van der Waals surface area contributed by atoms with Crippen LogP contribution in [0.1, 0.15) is 13.3 Å². The van der Waals surface area contributed by atoms with Crippen LogP contribution in [0.4, 0.5) is 5.69 Å². The zero-order chi connectivity index (χ0) is 16.9. The number of morpholine rings is 1. The SMILES string of the molecule is CCN1CCOC(=O)C1CC(=O)Nc1ccc(-n2cccn2)cc1. The summed E-state index contributed by atoms with van der Waals surface area (Å²) in [6.45, 7) is 3.74. The van der Waals surface area contributed by atoms with Crippen molar-refractivity contribution in [3.05, 3.63) is 42.7 Å². The fourth-order valence-electron chi connectivity index (χ4n) is 2.76. The van der Waals surface area contributed by atoms with Crippen molar-refractivity contribution in [1.29, 1.82) is 0 Å². The number of benzene rings is 1. The Kier molecular flexibility index (Phi) is 4.90. The Balaban J connectivity index is 1.61. The minimum absolute atomic E-state index is 0.0909. The molecule has 1 fully saturated rings. The van der Waals surface area contributed by atoms with Crippen LogP contribution in [0.2, 0.25) is 0 Å². The van der Waals surface area contributed by atoms with Crippen molar-refractivity contribution in [1.82, 2.24) is 14.7 Å². The van der Waals surface area contributed by atoms with E-state index in [1.165, 1.54) is 0 Å². The molecule has 0 radical (unpaired) electrons. The highest BCUT2D eigenvalue weighted by atomic mass is 16.5. The summed E-state index contributed by atoms with van der Waals surface area (Å²) in [6, 6.07) is 8.70. The Labute approximate surface area is 140 Å². The summed E-state index contributed by atoms with van der Waals surface area (Å²) < 4.78 is 6.80. The van der Waals surface area contributed by atoms with Gasteiger partial charge in [-0.2, -0.15) is 5.10 Å². The molecule has 1 N–H and O–H groups in total. The van der Waals surface area contributed by atoms with Crippen LogP contribution in [0.15, 0.2) is 42.7 Å². The van der Waals surface area contributed by atoms with Crippen LogP contribution in [0.25, 0.3) is 5.69 Å². The molecule has 126 valence electrons. The van der Waals surface area contributed by atoms with Gasteiger partial charge in [-0.15, -0.1) is 0 Å². The highest BCUT2D eigenvalue weighted by Crippen LogP contribution is 2.15. The van der Waals surface area contributed by atoms with Gasteiger partial charge in [0, 0.05) is 24.6 Å². The first-order chi connectivity index (χ1) is 11.7. The minimum Gasteiger partial charge on any atom is -0.463 e. The molecule has 7 nitrogen and oxygen atoms in total. The van der Waals surface area contributed by atoms with E-state index in [2.05, 4.69) is 10.4 Å². The second-order valence-corrected chi connectivity index (χ2v) is 5.56. The van der Waals surface area contributed by atoms with Crippen LogP contribution in [0.5, 0.6) is 0 Å². The van der Waals surface area contributed by atoms with Crippen molar-refractivity contribution in [3.63, 3.8) is 0 Å². The molecular weight excluding hydrogens is 308 g/mol. The summed E-state index contributed by atoms with van der Waals surface area (Å²) in [5, 5.41) is 6.98. The molecule has 2 aromatic rings. The topological polar surface area (TPSA) is 76.5 Å². The molecule has 1 aliphatic heterocycles. The third kappa shape index (κ3) is 3.62. The van der Waals surface area contributed by atoms with Crippen LogP contribution in [-0.4, -0.2) is 52.3 Å². The lowest BCUT2D eigenvalue weighted by Gasteiger charge is -2.32. The number of nitrogens with one attached hydrogen (secondary N) is 1. The third-order valence-electron chi connectivity index (χ3n) is 4.04. The monoisotopic (exact) mass is 328 g/mol. The van der Waals surface area contributed by atoms with E-state index >= 15 is 0 Å². The Morgan fingerprint density at radius 2 is 2.17 bits per heavy atom. The van der Waals surface area contributed by atoms with E-state index < -0.39 is 6.04 Å². The molecule has 0 aliphatic carbocycles. The van der Waals surface area contributed by atoms with Crippen LogP contribution in [-0.2, 0) is 14.3 Å². The average molecular weight is 328 g/mol. The molecule has 1 unspecified atom stereocenters. The van der Waals surface area contributed by atoms with Gasteiger partial charge in [-0.3, -0.25) is 14.5 Å². The quantitative estimate of drug-likeness (QED) is 0.841. The van der Waals surface area contributed by atoms with Crippen LogP contribution in [0, 0.1) is 0 Å². The van der Waals surface area contributed by atoms with Crippen LogP contribution in [0.3, 0.4) is 0 Å². The van der Waals surface area contributed by atoms with Gasteiger partial charge in [0.25, 0.3) is 0 Å². The number of aromatic nitrogens is 2. The molecule has 1 amide bonds. The molecule has 1 saturated heterocycles. The lowest BCUT2D eigenvalue weighted by molar-refractivity contribution is -0.158. The number of amides is 1. The fraction of sp³-hybridized carbons (Fsp3) is 0.353. The third-order valence-corrected chi connectivity index (χ3v) is 4.04. The predicted octanol–water partition coefficient (Wildman–Crippen LogP) is 1.45. The summed E-state index contributed by atoms with van der Waals surface area (Å²) >= 11 is 0. The van der Waals surface area contributed by atoms with Gasteiger partial charge in [-0.05, 0) is 36.9 Å². The van der Waals surface area contributed by atoms with E-state index in [0.29, 0.717) is 25.4 Å². The molecule has 1 aliphatic rings. The summed E-state index contributed by atoms with van der Waals surface area (Å²) in [5.41, 5.74) is 1.59. The number of ether oxygens (including phenoxy) is 1. The normalized spacial score (nSPS) is 18.2. The molecule has 1 aromatic carbocycles. The number of cyclic esters (lactones) is 1. The maximum Gasteiger partial charge on any atom is 0.323 e. The molecule has 7 heteroatoms. The predicted molar refractivity (Wildman–Crippen MR) is 88.8 cm³/mol. The second-order valence-electron chi connectivity index (χ2n) is 5.56. The van der Waals surface area contributed by atoms with E-state index in [1.54, 1.807) is 10.9 Å². The minimum atomic E-state index is -0.507. The first-order valence-electron chi connectivity index (χ1n) is 7.98. The van der Waals surface area contributed by atoms with E-state index in [-0.39, 0.29) is 18.3 Å². The average Bonchev–Trinajstić information content (AvgIpc) is 3.12. The zero-order valence-corrected chi connectivity index (χ0v) is 13.5. The van der Waals surface area contributed by atoms with Crippen molar-refractivity contribution < 1.29 is 14.3 Å². The molecule has 0 saturated carbocycles. The number of likely N-dealkylation sites (N-methyl/N-ethyl adjacent to an activating group) is 1. The van der Waals surface area contributed by atoms with Gasteiger partial charge in [0.15, 0.2) is 0 Å². The van der Waals surface area contributed by atoms with Crippen LogP contribution >= 0.6 is 0 Å². The maximum absolute atomic E-state index is 12.2. The number of carbonyl (C=O) groups excluding carboxylic acids is 2. The highest BCUT2D eigenvalue weighted by Gasteiger charge is 2.32.